The normalized spacial score (nSPS) is 12.1. The van der Waals surface area contributed by atoms with Gasteiger partial charge < -0.3 is 0 Å². The first-order valence-corrected chi connectivity index (χ1v) is 6.51. The number of hydrogen-bond donors (Lipinski definition) is 0. The second-order valence-corrected chi connectivity index (χ2v) is 5.46. The van der Waals surface area contributed by atoms with E-state index in [0.717, 1.165) is 12.1 Å². The van der Waals surface area contributed by atoms with Gasteiger partial charge >= 0.3 is 5.92 Å². The molecule has 0 spiro atoms. The fourth-order valence-corrected chi connectivity index (χ4v) is 2.03. The van der Waals surface area contributed by atoms with Crippen molar-refractivity contribution in [3.8, 4) is 0 Å². The standard InChI is InChI=1S/C8H6ClFN2O7S/c9-6-1-3-7(4-2-6)20(17,18)19-5-8(10,11(13)14)12(15)16/h1-4H,5H2. The number of nitro groups is 2. The van der Waals surface area contributed by atoms with Crippen molar-refractivity contribution in [2.45, 2.75) is 10.8 Å². The average Bonchev–Trinajstić information content (AvgIpc) is 2.36. The molecule has 110 valence electrons. The van der Waals surface area contributed by atoms with E-state index in [1.54, 1.807) is 0 Å². The van der Waals surface area contributed by atoms with E-state index in [4.69, 9.17) is 11.6 Å². The number of hydrogen-bond acceptors (Lipinski definition) is 7. The molecule has 0 radical (unpaired) electrons. The summed E-state index contributed by atoms with van der Waals surface area (Å²) in [5, 5.41) is 20.7. The highest BCUT2D eigenvalue weighted by molar-refractivity contribution is 7.86. The minimum atomic E-state index is -4.58. The fourth-order valence-electron chi connectivity index (χ4n) is 0.994. The summed E-state index contributed by atoms with van der Waals surface area (Å²) in [6.07, 6.45) is 0. The third kappa shape index (κ3) is 3.37. The molecule has 0 aromatic heterocycles. The molecule has 0 aliphatic carbocycles. The summed E-state index contributed by atoms with van der Waals surface area (Å²) in [6, 6.07) is 4.36. The Morgan fingerprint density at radius 1 is 1.20 bits per heavy atom. The lowest BCUT2D eigenvalue weighted by atomic mass is 10.4. The molecule has 0 amide bonds. The van der Waals surface area contributed by atoms with Gasteiger partial charge in [-0.05, 0) is 24.3 Å². The molecule has 12 heteroatoms. The highest BCUT2D eigenvalue weighted by Crippen LogP contribution is 2.20. The molecule has 1 aromatic rings. The Balaban J connectivity index is 2.95. The van der Waals surface area contributed by atoms with Gasteiger partial charge in [0, 0.05) is 5.02 Å². The van der Waals surface area contributed by atoms with Gasteiger partial charge in [-0.25, -0.2) is 4.18 Å². The van der Waals surface area contributed by atoms with Crippen LogP contribution in [-0.2, 0) is 14.3 Å². The van der Waals surface area contributed by atoms with Crippen LogP contribution in [0.25, 0.3) is 0 Å². The van der Waals surface area contributed by atoms with E-state index >= 15 is 0 Å². The van der Waals surface area contributed by atoms with Crippen LogP contribution in [0.5, 0.6) is 0 Å². The Bertz CT molecular complexity index is 619. The molecule has 0 fully saturated rings. The first-order valence-electron chi connectivity index (χ1n) is 4.72. The topological polar surface area (TPSA) is 130 Å². The van der Waals surface area contributed by atoms with Crippen LogP contribution in [0.4, 0.5) is 4.39 Å². The van der Waals surface area contributed by atoms with Crippen LogP contribution >= 0.6 is 11.6 Å². The third-order valence-corrected chi connectivity index (χ3v) is 3.59. The molecule has 9 nitrogen and oxygen atoms in total. The maximum atomic E-state index is 13.3. The maximum absolute atomic E-state index is 13.3. The quantitative estimate of drug-likeness (QED) is 0.252. The number of alkyl halides is 1. The monoisotopic (exact) mass is 328 g/mol. The Kier molecular flexibility index (Phi) is 4.57. The molecular formula is C8H6ClFN2O7S. The zero-order valence-electron chi connectivity index (χ0n) is 9.43. The molecule has 0 aliphatic heterocycles. The predicted molar refractivity (Wildman–Crippen MR) is 62.4 cm³/mol. The minimum Gasteiger partial charge on any atom is -0.256 e. The van der Waals surface area contributed by atoms with Crippen LogP contribution in [0.3, 0.4) is 0 Å². The second-order valence-electron chi connectivity index (χ2n) is 3.40. The molecule has 0 bridgehead atoms. The van der Waals surface area contributed by atoms with Crippen LogP contribution < -0.4 is 0 Å². The van der Waals surface area contributed by atoms with E-state index in [2.05, 4.69) is 4.18 Å². The van der Waals surface area contributed by atoms with E-state index in [1.165, 1.54) is 12.1 Å². The Labute approximate surface area is 116 Å². The lowest BCUT2D eigenvalue weighted by Gasteiger charge is -2.09. The van der Waals surface area contributed by atoms with Crippen LogP contribution in [0.2, 0.25) is 5.02 Å². The van der Waals surface area contributed by atoms with Gasteiger partial charge in [-0.1, -0.05) is 16.0 Å². The van der Waals surface area contributed by atoms with Crippen LogP contribution in [-0.4, -0.2) is 30.8 Å². The average molecular weight is 329 g/mol. The first kappa shape index (κ1) is 16.2. The van der Waals surface area contributed by atoms with Crippen LogP contribution in [0.15, 0.2) is 29.2 Å². The highest BCUT2D eigenvalue weighted by Gasteiger charge is 2.59. The maximum Gasteiger partial charge on any atom is 0.639 e. The second kappa shape index (κ2) is 5.64. The third-order valence-electron chi connectivity index (χ3n) is 2.06. The first-order chi connectivity index (χ1) is 9.09. The fraction of sp³-hybridized carbons (Fsp3) is 0.250. The van der Waals surface area contributed by atoms with Gasteiger partial charge in [0.2, 0.25) is 6.61 Å². The largest absolute Gasteiger partial charge is 0.639 e. The van der Waals surface area contributed by atoms with Gasteiger partial charge in [0.05, 0.1) is 4.90 Å². The lowest BCUT2D eigenvalue weighted by Crippen LogP contribution is -2.46. The smallest absolute Gasteiger partial charge is 0.256 e. The molecule has 0 aliphatic rings. The Morgan fingerprint density at radius 3 is 2.05 bits per heavy atom. The van der Waals surface area contributed by atoms with Crippen LogP contribution in [0, 0.1) is 20.2 Å². The van der Waals surface area contributed by atoms with Crippen molar-refractivity contribution in [3.05, 3.63) is 49.5 Å². The summed E-state index contributed by atoms with van der Waals surface area (Å²) in [5.74, 6) is -4.25. The van der Waals surface area contributed by atoms with Crippen molar-refractivity contribution in [1.82, 2.24) is 0 Å². The van der Waals surface area contributed by atoms with Gasteiger partial charge in [0.1, 0.15) is 9.85 Å². The SMILES string of the molecule is O=[N+]([O-])C(F)(COS(=O)(=O)c1ccc(Cl)cc1)[N+](=O)[O-]. The van der Waals surface area contributed by atoms with E-state index in [9.17, 15) is 33.0 Å². The number of nitrogens with zero attached hydrogens (tertiary/aromatic N) is 2. The molecule has 0 unspecified atom stereocenters. The molecule has 0 atom stereocenters. The summed E-state index contributed by atoms with van der Waals surface area (Å²) in [7, 11) is -4.58. The zero-order chi connectivity index (χ0) is 15.6. The highest BCUT2D eigenvalue weighted by atomic mass is 35.5. The lowest BCUT2D eigenvalue weighted by molar-refractivity contribution is -0.831. The Hall–Kier alpha value is -1.85. The zero-order valence-corrected chi connectivity index (χ0v) is 11.0. The Morgan fingerprint density at radius 2 is 1.65 bits per heavy atom. The summed E-state index contributed by atoms with van der Waals surface area (Å²) in [5.41, 5.74) is 0. The molecule has 20 heavy (non-hydrogen) atoms. The van der Waals surface area contributed by atoms with Gasteiger partial charge in [0.25, 0.3) is 10.1 Å². The van der Waals surface area contributed by atoms with E-state index in [0.29, 0.717) is 0 Å². The van der Waals surface area contributed by atoms with Crippen molar-refractivity contribution in [3.63, 3.8) is 0 Å². The minimum absolute atomic E-state index is 0.208. The molecule has 0 N–H and O–H groups in total. The van der Waals surface area contributed by atoms with E-state index < -0.39 is 37.4 Å². The van der Waals surface area contributed by atoms with Gasteiger partial charge in [-0.15, -0.1) is 0 Å². The van der Waals surface area contributed by atoms with Crippen molar-refractivity contribution in [1.29, 1.82) is 0 Å². The summed E-state index contributed by atoms with van der Waals surface area (Å²) < 4.78 is 40.5. The van der Waals surface area contributed by atoms with Crippen molar-refractivity contribution in [2.75, 3.05) is 6.61 Å². The number of benzene rings is 1. The summed E-state index contributed by atoms with van der Waals surface area (Å²) in [6.45, 7) is -1.89. The molecule has 1 aromatic carbocycles. The molecule has 0 saturated carbocycles. The van der Waals surface area contributed by atoms with Gasteiger partial charge in [0.15, 0.2) is 0 Å². The molecule has 0 heterocycles. The van der Waals surface area contributed by atoms with E-state index in [1.807, 2.05) is 0 Å². The molecule has 0 saturated heterocycles. The molecular weight excluding hydrogens is 323 g/mol. The van der Waals surface area contributed by atoms with E-state index in [-0.39, 0.29) is 5.02 Å². The molecule has 1 rings (SSSR count). The number of rotatable bonds is 6. The summed E-state index contributed by atoms with van der Waals surface area (Å²) in [4.78, 5) is 16.3. The predicted octanol–water partition coefficient (Wildman–Crippen LogP) is 1.22. The number of halogens is 2. The van der Waals surface area contributed by atoms with Crippen LogP contribution in [0.1, 0.15) is 0 Å². The van der Waals surface area contributed by atoms with Gasteiger partial charge in [-0.2, -0.15) is 8.42 Å². The van der Waals surface area contributed by atoms with Crippen molar-refractivity contribution < 1.29 is 26.8 Å². The van der Waals surface area contributed by atoms with Crippen molar-refractivity contribution in [2.24, 2.45) is 0 Å². The van der Waals surface area contributed by atoms with Crippen molar-refractivity contribution >= 4 is 21.7 Å². The van der Waals surface area contributed by atoms with Gasteiger partial charge in [-0.3, -0.25) is 20.2 Å². The summed E-state index contributed by atoms with van der Waals surface area (Å²) >= 11 is 5.52.